The summed E-state index contributed by atoms with van der Waals surface area (Å²) < 4.78 is 12.8. The van der Waals surface area contributed by atoms with Crippen LogP contribution in [-0.2, 0) is 4.79 Å². The molecule has 0 spiro atoms. The number of rotatable bonds is 6. The normalized spacial score (nSPS) is 15.2. The quantitative estimate of drug-likeness (QED) is 0.421. The van der Waals surface area contributed by atoms with Crippen molar-refractivity contribution in [3.05, 3.63) is 66.0 Å². The van der Waals surface area contributed by atoms with Crippen LogP contribution in [0.3, 0.4) is 0 Å². The summed E-state index contributed by atoms with van der Waals surface area (Å²) in [5.41, 5.74) is 8.86. The fraction of sp³-hybridized carbons (Fsp3) is 0.192. The first-order valence-corrected chi connectivity index (χ1v) is 11.1. The monoisotopic (exact) mass is 469 g/mol. The molecule has 0 saturated carbocycles. The Morgan fingerprint density at radius 2 is 1.91 bits per heavy atom. The van der Waals surface area contributed by atoms with Crippen molar-refractivity contribution in [1.29, 1.82) is 0 Å². The molecule has 2 amide bonds. The van der Waals surface area contributed by atoms with E-state index in [0.717, 1.165) is 17.5 Å². The number of terminal acetylenes is 1. The topological polar surface area (TPSA) is 115 Å². The summed E-state index contributed by atoms with van der Waals surface area (Å²) >= 11 is 0. The molecule has 9 heteroatoms. The lowest BCUT2D eigenvalue weighted by molar-refractivity contribution is -0.124. The zero-order valence-electron chi connectivity index (χ0n) is 19.0. The third kappa shape index (κ3) is 3.95. The molecule has 2 aromatic carbocycles. The van der Waals surface area contributed by atoms with Crippen LogP contribution in [0.4, 0.5) is 0 Å². The molecule has 0 bridgehead atoms. The number of fused-ring (bicyclic) bond motifs is 1. The van der Waals surface area contributed by atoms with E-state index in [2.05, 4.69) is 16.0 Å². The van der Waals surface area contributed by atoms with Crippen molar-refractivity contribution in [1.82, 2.24) is 19.5 Å². The lowest BCUT2D eigenvalue weighted by atomic mass is 10.0. The minimum absolute atomic E-state index is 0.0497. The maximum Gasteiger partial charge on any atom is 0.298 e. The Labute approximate surface area is 201 Å². The molecule has 1 atom stereocenters. The molecule has 3 N–H and O–H groups in total. The molecule has 1 unspecified atom stereocenters. The van der Waals surface area contributed by atoms with E-state index in [1.54, 1.807) is 30.3 Å². The second-order valence-electron chi connectivity index (χ2n) is 8.23. The Bertz CT molecular complexity index is 1460. The lowest BCUT2D eigenvalue weighted by Crippen LogP contribution is -2.26. The van der Waals surface area contributed by atoms with E-state index in [4.69, 9.17) is 21.6 Å². The van der Waals surface area contributed by atoms with Crippen molar-refractivity contribution in [2.45, 2.75) is 12.3 Å². The molecule has 0 aliphatic carbocycles. The number of para-hydroxylation sites is 2. The van der Waals surface area contributed by atoms with Crippen LogP contribution in [0.2, 0.25) is 0 Å². The first-order valence-electron chi connectivity index (χ1n) is 11.1. The number of hydrogen-bond donors (Lipinski definition) is 2. The molecule has 2 aromatic heterocycles. The number of nitrogens with two attached hydrogens (primary N) is 1. The minimum atomic E-state index is -0.606. The number of H-pyrrole nitrogens is 1. The largest absolute Gasteiger partial charge is 0.493 e. The highest BCUT2D eigenvalue weighted by atomic mass is 16.5. The highest BCUT2D eigenvalue weighted by Gasteiger charge is 2.30. The Balaban J connectivity index is 1.46. The summed E-state index contributed by atoms with van der Waals surface area (Å²) in [6.07, 6.45) is 7.73. The van der Waals surface area contributed by atoms with E-state index in [1.807, 2.05) is 36.4 Å². The van der Waals surface area contributed by atoms with Gasteiger partial charge in [0.15, 0.2) is 17.2 Å². The second-order valence-corrected chi connectivity index (χ2v) is 8.23. The van der Waals surface area contributed by atoms with Gasteiger partial charge in [-0.2, -0.15) is 5.10 Å². The van der Waals surface area contributed by atoms with Crippen LogP contribution in [-0.4, -0.2) is 51.5 Å². The number of ether oxygens (including phenoxy) is 2. The molecule has 3 heterocycles. The van der Waals surface area contributed by atoms with Crippen LogP contribution in [0.15, 0.2) is 54.7 Å². The molecular weight excluding hydrogens is 446 g/mol. The van der Waals surface area contributed by atoms with Crippen LogP contribution in [0.1, 0.15) is 28.4 Å². The standard InChI is InChI=1S/C26H23N5O4/c1-3-22(32)30-13-12-17(15-30)19-14-28-31-24(25(27)33)23(29-26(19)31)16-8-10-18(11-9-16)35-21-7-5-4-6-20(21)34-2/h1,4-11,14,17,29H,12-13,15H2,2H3,(H2,27,33). The highest BCUT2D eigenvalue weighted by molar-refractivity contribution is 5.98. The molecule has 4 aromatic rings. The Hall–Kier alpha value is -4.71. The smallest absolute Gasteiger partial charge is 0.298 e. The number of primary amides is 1. The number of nitrogens with one attached hydrogen (secondary N) is 1. The number of carbonyl (C=O) groups is 2. The predicted octanol–water partition coefficient (Wildman–Crippen LogP) is 3.18. The molecule has 1 fully saturated rings. The SMILES string of the molecule is C#CC(=O)N1CCC(c2cnn3c(C(N)=O)c(-c4ccc(Oc5ccccc5OC)cc4)[nH]c23)C1. The number of carbonyl (C=O) groups excluding carboxylic acids is 2. The molecule has 1 aliphatic heterocycles. The molecule has 35 heavy (non-hydrogen) atoms. The number of aromatic amines is 1. The molecule has 9 nitrogen and oxygen atoms in total. The molecule has 176 valence electrons. The average molecular weight is 470 g/mol. The first kappa shape index (κ1) is 22.1. The maximum absolute atomic E-state index is 12.4. The van der Waals surface area contributed by atoms with Crippen molar-refractivity contribution in [3.8, 4) is 40.8 Å². The number of methoxy groups -OCH3 is 1. The Kier molecular flexibility index (Phi) is 5.63. The number of likely N-dealkylation sites (tertiary alicyclic amines) is 1. The summed E-state index contributed by atoms with van der Waals surface area (Å²) in [6.45, 7) is 1.08. The van der Waals surface area contributed by atoms with E-state index in [1.165, 1.54) is 4.52 Å². The van der Waals surface area contributed by atoms with Gasteiger partial charge in [0.25, 0.3) is 11.8 Å². The molecule has 5 rings (SSSR count). The van der Waals surface area contributed by atoms with Gasteiger partial charge in [0.1, 0.15) is 11.4 Å². The summed E-state index contributed by atoms with van der Waals surface area (Å²) in [6, 6.07) is 14.7. The van der Waals surface area contributed by atoms with Gasteiger partial charge in [-0.1, -0.05) is 12.1 Å². The fourth-order valence-electron chi connectivity index (χ4n) is 4.48. The van der Waals surface area contributed by atoms with Crippen molar-refractivity contribution in [2.24, 2.45) is 5.73 Å². The number of hydrogen-bond acceptors (Lipinski definition) is 5. The maximum atomic E-state index is 12.4. The summed E-state index contributed by atoms with van der Waals surface area (Å²) in [4.78, 5) is 29.2. The van der Waals surface area contributed by atoms with Gasteiger partial charge in [-0.3, -0.25) is 9.59 Å². The van der Waals surface area contributed by atoms with Crippen LogP contribution in [0.5, 0.6) is 17.2 Å². The van der Waals surface area contributed by atoms with Gasteiger partial charge in [-0.05, 0) is 48.7 Å². The average Bonchev–Trinajstić information content (AvgIpc) is 3.59. The minimum Gasteiger partial charge on any atom is -0.493 e. The fourth-order valence-corrected chi connectivity index (χ4v) is 4.48. The zero-order valence-corrected chi connectivity index (χ0v) is 19.0. The third-order valence-corrected chi connectivity index (χ3v) is 6.20. The highest BCUT2D eigenvalue weighted by Crippen LogP contribution is 2.35. The number of aromatic nitrogens is 3. The lowest BCUT2D eigenvalue weighted by Gasteiger charge is -2.12. The number of amides is 2. The van der Waals surface area contributed by atoms with Gasteiger partial charge in [-0.15, -0.1) is 6.42 Å². The summed E-state index contributed by atoms with van der Waals surface area (Å²) in [7, 11) is 1.59. The van der Waals surface area contributed by atoms with Gasteiger partial charge in [0.05, 0.1) is 19.0 Å². The van der Waals surface area contributed by atoms with Gasteiger partial charge >= 0.3 is 0 Å². The molecule has 0 radical (unpaired) electrons. The van der Waals surface area contributed by atoms with Crippen molar-refractivity contribution >= 4 is 17.5 Å². The van der Waals surface area contributed by atoms with Crippen LogP contribution < -0.4 is 15.2 Å². The van der Waals surface area contributed by atoms with Crippen molar-refractivity contribution in [2.75, 3.05) is 20.2 Å². The molecule has 1 saturated heterocycles. The van der Waals surface area contributed by atoms with E-state index in [9.17, 15) is 9.59 Å². The Morgan fingerprint density at radius 1 is 1.17 bits per heavy atom. The third-order valence-electron chi connectivity index (χ3n) is 6.20. The predicted molar refractivity (Wildman–Crippen MR) is 129 cm³/mol. The summed E-state index contributed by atoms with van der Waals surface area (Å²) in [5, 5.41) is 4.42. The van der Waals surface area contributed by atoms with E-state index < -0.39 is 5.91 Å². The van der Waals surface area contributed by atoms with Crippen molar-refractivity contribution in [3.63, 3.8) is 0 Å². The second kappa shape index (κ2) is 8.91. The van der Waals surface area contributed by atoms with Gasteiger partial charge < -0.3 is 25.1 Å². The summed E-state index contributed by atoms with van der Waals surface area (Å²) in [5.74, 6) is 3.12. The van der Waals surface area contributed by atoms with Gasteiger partial charge in [0.2, 0.25) is 0 Å². The zero-order chi connectivity index (χ0) is 24.5. The number of benzene rings is 2. The Morgan fingerprint density at radius 3 is 2.60 bits per heavy atom. The van der Waals surface area contributed by atoms with Crippen LogP contribution >= 0.6 is 0 Å². The van der Waals surface area contributed by atoms with E-state index in [0.29, 0.717) is 41.7 Å². The first-order chi connectivity index (χ1) is 17.0. The van der Waals surface area contributed by atoms with Gasteiger partial charge in [0, 0.05) is 30.1 Å². The van der Waals surface area contributed by atoms with Gasteiger partial charge in [-0.25, -0.2) is 4.52 Å². The number of imidazole rings is 1. The molecular formula is C26H23N5O4. The van der Waals surface area contributed by atoms with E-state index >= 15 is 0 Å². The van der Waals surface area contributed by atoms with Crippen molar-refractivity contribution < 1.29 is 19.1 Å². The molecule has 1 aliphatic rings. The van der Waals surface area contributed by atoms with Crippen LogP contribution in [0, 0.1) is 12.3 Å². The van der Waals surface area contributed by atoms with Crippen LogP contribution in [0.25, 0.3) is 16.9 Å². The van der Waals surface area contributed by atoms with E-state index in [-0.39, 0.29) is 17.5 Å². The number of nitrogens with zero attached hydrogens (tertiary/aromatic N) is 3.